The molecule has 0 atom stereocenters. The number of rotatable bonds is 5. The molecule has 1 aromatic carbocycles. The molecule has 18 heavy (non-hydrogen) atoms. The molecule has 2 aromatic rings. The molecule has 0 amide bonds. The molecule has 0 bridgehead atoms. The van der Waals surface area contributed by atoms with Crippen LogP contribution in [0.15, 0.2) is 30.6 Å². The number of hydrogen-bond acceptors (Lipinski definition) is 3. The first-order valence-corrected chi connectivity index (χ1v) is 5.55. The van der Waals surface area contributed by atoms with E-state index in [2.05, 4.69) is 4.98 Å². The lowest BCUT2D eigenvalue weighted by atomic mass is 10.2. The fourth-order valence-electron chi connectivity index (χ4n) is 1.64. The number of carbonyl (C=O) groups is 1. The quantitative estimate of drug-likeness (QED) is 0.762. The summed E-state index contributed by atoms with van der Waals surface area (Å²) < 4.78 is 20.5. The van der Waals surface area contributed by atoms with Gasteiger partial charge in [0.05, 0.1) is 6.54 Å². The third-order valence-corrected chi connectivity index (χ3v) is 2.55. The van der Waals surface area contributed by atoms with Gasteiger partial charge in [0.1, 0.15) is 30.3 Å². The highest BCUT2D eigenvalue weighted by molar-refractivity contribution is 5.75. The first-order chi connectivity index (χ1) is 8.69. The second kappa shape index (κ2) is 5.44. The lowest BCUT2D eigenvalue weighted by Crippen LogP contribution is -2.09. The Hall–Kier alpha value is -2.17. The Labute approximate surface area is 104 Å². The standard InChI is InChI=1S/C13H13FN2O2/c1-10-15-2-3-16(10)4-5-18-13-7-11(9-17)6-12(14)8-13/h2-3,6-9H,4-5H2,1H3. The maximum absolute atomic E-state index is 13.1. The summed E-state index contributed by atoms with van der Waals surface area (Å²) in [5.41, 5.74) is 0.267. The van der Waals surface area contributed by atoms with E-state index in [-0.39, 0.29) is 5.56 Å². The molecule has 2 rings (SSSR count). The van der Waals surface area contributed by atoms with Crippen LogP contribution in [-0.4, -0.2) is 22.4 Å². The van der Waals surface area contributed by atoms with E-state index in [4.69, 9.17) is 4.74 Å². The third kappa shape index (κ3) is 2.94. The largest absolute Gasteiger partial charge is 0.492 e. The fraction of sp³-hybridized carbons (Fsp3) is 0.231. The van der Waals surface area contributed by atoms with Gasteiger partial charge in [-0.05, 0) is 19.1 Å². The van der Waals surface area contributed by atoms with Crippen LogP contribution in [0.5, 0.6) is 5.75 Å². The second-order valence-electron chi connectivity index (χ2n) is 3.85. The van der Waals surface area contributed by atoms with Crippen LogP contribution >= 0.6 is 0 Å². The van der Waals surface area contributed by atoms with E-state index in [1.807, 2.05) is 17.7 Å². The molecule has 5 heteroatoms. The van der Waals surface area contributed by atoms with Crippen molar-refractivity contribution in [1.29, 1.82) is 0 Å². The number of carbonyl (C=O) groups excluding carboxylic acids is 1. The number of nitrogens with zero attached hydrogens (tertiary/aromatic N) is 2. The molecule has 94 valence electrons. The highest BCUT2D eigenvalue weighted by Crippen LogP contribution is 2.15. The van der Waals surface area contributed by atoms with Crippen molar-refractivity contribution in [1.82, 2.24) is 9.55 Å². The summed E-state index contributed by atoms with van der Waals surface area (Å²) in [6.07, 6.45) is 4.15. The Kier molecular flexibility index (Phi) is 3.72. The second-order valence-corrected chi connectivity index (χ2v) is 3.85. The van der Waals surface area contributed by atoms with E-state index in [0.717, 1.165) is 5.82 Å². The van der Waals surface area contributed by atoms with Crippen molar-refractivity contribution in [2.24, 2.45) is 0 Å². The van der Waals surface area contributed by atoms with Crippen LogP contribution in [0.1, 0.15) is 16.2 Å². The lowest BCUT2D eigenvalue weighted by molar-refractivity contribution is 0.112. The van der Waals surface area contributed by atoms with Crippen LogP contribution < -0.4 is 4.74 Å². The van der Waals surface area contributed by atoms with Gasteiger partial charge in [-0.25, -0.2) is 9.37 Å². The molecule has 1 heterocycles. The smallest absolute Gasteiger partial charge is 0.150 e. The molecule has 0 aliphatic rings. The molecule has 0 radical (unpaired) electrons. The van der Waals surface area contributed by atoms with Gasteiger partial charge in [-0.3, -0.25) is 4.79 Å². The van der Waals surface area contributed by atoms with Crippen LogP contribution in [0.3, 0.4) is 0 Å². The number of benzene rings is 1. The number of imidazole rings is 1. The van der Waals surface area contributed by atoms with E-state index in [9.17, 15) is 9.18 Å². The maximum atomic E-state index is 13.1. The number of aromatic nitrogens is 2. The van der Waals surface area contributed by atoms with Gasteiger partial charge in [0, 0.05) is 24.0 Å². The van der Waals surface area contributed by atoms with Crippen molar-refractivity contribution >= 4 is 6.29 Å². The van der Waals surface area contributed by atoms with Gasteiger partial charge in [-0.2, -0.15) is 0 Å². The highest BCUT2D eigenvalue weighted by Gasteiger charge is 2.02. The van der Waals surface area contributed by atoms with Gasteiger partial charge in [0.2, 0.25) is 0 Å². The summed E-state index contributed by atoms with van der Waals surface area (Å²) in [6, 6.07) is 3.94. The minimum Gasteiger partial charge on any atom is -0.492 e. The molecule has 0 saturated carbocycles. The molecular formula is C13H13FN2O2. The minimum atomic E-state index is -0.478. The topological polar surface area (TPSA) is 44.1 Å². The number of halogens is 1. The predicted molar refractivity (Wildman–Crippen MR) is 64.2 cm³/mol. The minimum absolute atomic E-state index is 0.267. The molecule has 0 aliphatic carbocycles. The zero-order valence-electron chi connectivity index (χ0n) is 9.97. The Morgan fingerprint density at radius 2 is 2.28 bits per heavy atom. The predicted octanol–water partition coefficient (Wildman–Crippen LogP) is 2.22. The van der Waals surface area contributed by atoms with E-state index >= 15 is 0 Å². The molecule has 0 aliphatic heterocycles. The van der Waals surface area contributed by atoms with E-state index in [0.29, 0.717) is 25.2 Å². The van der Waals surface area contributed by atoms with Crippen molar-refractivity contribution in [3.8, 4) is 5.75 Å². The molecule has 0 spiro atoms. The van der Waals surface area contributed by atoms with Crippen LogP contribution in [0.4, 0.5) is 4.39 Å². The lowest BCUT2D eigenvalue weighted by Gasteiger charge is -2.08. The Balaban J connectivity index is 1.96. The van der Waals surface area contributed by atoms with Gasteiger partial charge in [0.25, 0.3) is 0 Å². The Morgan fingerprint density at radius 1 is 1.44 bits per heavy atom. The Bertz CT molecular complexity index is 552. The molecular weight excluding hydrogens is 235 g/mol. The summed E-state index contributed by atoms with van der Waals surface area (Å²) in [5, 5.41) is 0. The normalized spacial score (nSPS) is 10.3. The van der Waals surface area contributed by atoms with Gasteiger partial charge < -0.3 is 9.30 Å². The first-order valence-electron chi connectivity index (χ1n) is 5.55. The summed E-state index contributed by atoms with van der Waals surface area (Å²) in [6.45, 7) is 2.91. The SMILES string of the molecule is Cc1nccn1CCOc1cc(F)cc(C=O)c1. The maximum Gasteiger partial charge on any atom is 0.150 e. The van der Waals surface area contributed by atoms with Gasteiger partial charge in [0.15, 0.2) is 0 Å². The molecule has 1 aromatic heterocycles. The third-order valence-electron chi connectivity index (χ3n) is 2.55. The van der Waals surface area contributed by atoms with Crippen molar-refractivity contribution in [2.75, 3.05) is 6.61 Å². The van der Waals surface area contributed by atoms with Gasteiger partial charge in [-0.15, -0.1) is 0 Å². The number of ether oxygens (including phenoxy) is 1. The van der Waals surface area contributed by atoms with E-state index < -0.39 is 5.82 Å². The monoisotopic (exact) mass is 248 g/mol. The van der Waals surface area contributed by atoms with E-state index in [1.165, 1.54) is 18.2 Å². The first kappa shape index (κ1) is 12.3. The summed E-state index contributed by atoms with van der Waals surface area (Å²) >= 11 is 0. The molecule has 0 saturated heterocycles. The van der Waals surface area contributed by atoms with Gasteiger partial charge >= 0.3 is 0 Å². The average molecular weight is 248 g/mol. The van der Waals surface area contributed by atoms with Gasteiger partial charge in [-0.1, -0.05) is 0 Å². The molecule has 0 unspecified atom stereocenters. The molecule has 0 fully saturated rings. The van der Waals surface area contributed by atoms with Crippen LogP contribution in [0.25, 0.3) is 0 Å². The van der Waals surface area contributed by atoms with Crippen LogP contribution in [-0.2, 0) is 6.54 Å². The van der Waals surface area contributed by atoms with Crippen molar-refractivity contribution in [3.63, 3.8) is 0 Å². The molecule has 0 N–H and O–H groups in total. The number of hydrogen-bond donors (Lipinski definition) is 0. The summed E-state index contributed by atoms with van der Waals surface area (Å²) in [7, 11) is 0. The zero-order chi connectivity index (χ0) is 13.0. The zero-order valence-corrected chi connectivity index (χ0v) is 9.97. The molecule has 4 nitrogen and oxygen atoms in total. The average Bonchev–Trinajstić information content (AvgIpc) is 2.74. The summed E-state index contributed by atoms with van der Waals surface area (Å²) in [5.74, 6) is 0.773. The highest BCUT2D eigenvalue weighted by atomic mass is 19.1. The number of aldehydes is 1. The Morgan fingerprint density at radius 3 is 2.94 bits per heavy atom. The van der Waals surface area contributed by atoms with Crippen LogP contribution in [0, 0.1) is 12.7 Å². The number of aryl methyl sites for hydroxylation is 1. The van der Waals surface area contributed by atoms with Crippen molar-refractivity contribution in [3.05, 3.63) is 47.8 Å². The van der Waals surface area contributed by atoms with Crippen molar-refractivity contribution < 1.29 is 13.9 Å². The fourth-order valence-corrected chi connectivity index (χ4v) is 1.64. The van der Waals surface area contributed by atoms with Crippen molar-refractivity contribution in [2.45, 2.75) is 13.5 Å². The van der Waals surface area contributed by atoms with E-state index in [1.54, 1.807) is 6.20 Å². The van der Waals surface area contributed by atoms with Crippen LogP contribution in [0.2, 0.25) is 0 Å². The summed E-state index contributed by atoms with van der Waals surface area (Å²) in [4.78, 5) is 14.7.